The number of nitrogens with zero attached hydrogens (tertiary/aromatic N) is 1. The number of nitrogens with one attached hydrogen (secondary N) is 1. The van der Waals surface area contributed by atoms with Gasteiger partial charge in [0.25, 0.3) is 10.0 Å². The van der Waals surface area contributed by atoms with E-state index in [1.165, 1.54) is 11.6 Å². The number of sulfonamides is 1. The summed E-state index contributed by atoms with van der Waals surface area (Å²) in [7, 11) is -1.60. The number of hydrogen-bond acceptors (Lipinski definition) is 4. The number of rotatable bonds is 6. The molecule has 0 amide bonds. The lowest BCUT2D eigenvalue weighted by atomic mass is 10.2. The zero-order valence-corrected chi connectivity index (χ0v) is 15.9. The van der Waals surface area contributed by atoms with Gasteiger partial charge in [0.05, 0.1) is 4.34 Å². The fraction of sp³-hybridized carbons (Fsp3) is 0.111. The average Bonchev–Trinajstić information content (AvgIpc) is 3.03. The summed E-state index contributed by atoms with van der Waals surface area (Å²) in [6.45, 7) is 0.777. The molecule has 0 unspecified atom stereocenters. The van der Waals surface area contributed by atoms with Crippen molar-refractivity contribution >= 4 is 44.3 Å². The van der Waals surface area contributed by atoms with Crippen molar-refractivity contribution < 1.29 is 8.42 Å². The van der Waals surface area contributed by atoms with Crippen LogP contribution in [0.15, 0.2) is 70.9 Å². The molecule has 25 heavy (non-hydrogen) atoms. The Hall–Kier alpha value is -2.02. The molecule has 1 N–H and O–H groups in total. The largest absolute Gasteiger partial charge is 0.370 e. The summed E-state index contributed by atoms with van der Waals surface area (Å²) in [6.07, 6.45) is 0. The third kappa shape index (κ3) is 4.54. The van der Waals surface area contributed by atoms with Crippen LogP contribution in [0.1, 0.15) is 5.56 Å². The first-order chi connectivity index (χ1) is 11.9. The molecule has 0 fully saturated rings. The summed E-state index contributed by atoms with van der Waals surface area (Å²) < 4.78 is 27.8. The predicted molar refractivity (Wildman–Crippen MR) is 105 cm³/mol. The number of halogens is 1. The molecule has 2 aromatic carbocycles. The van der Waals surface area contributed by atoms with Crippen molar-refractivity contribution in [3.05, 3.63) is 76.6 Å². The molecule has 0 radical (unpaired) electrons. The van der Waals surface area contributed by atoms with Gasteiger partial charge in [-0.15, -0.1) is 11.3 Å². The number of anilines is 2. The second-order valence-corrected chi connectivity index (χ2v) is 9.18. The first-order valence-electron chi connectivity index (χ1n) is 7.57. The van der Waals surface area contributed by atoms with Gasteiger partial charge in [0, 0.05) is 25.0 Å². The highest BCUT2D eigenvalue weighted by Crippen LogP contribution is 2.28. The van der Waals surface area contributed by atoms with Crippen LogP contribution in [0.3, 0.4) is 0 Å². The van der Waals surface area contributed by atoms with Crippen LogP contribution in [0.4, 0.5) is 11.4 Å². The third-order valence-corrected chi connectivity index (χ3v) is 6.74. The summed E-state index contributed by atoms with van der Waals surface area (Å²) in [5.41, 5.74) is 2.73. The maximum absolute atomic E-state index is 12.3. The molecule has 0 bridgehead atoms. The van der Waals surface area contributed by atoms with E-state index in [1.54, 1.807) is 18.2 Å². The van der Waals surface area contributed by atoms with E-state index in [4.69, 9.17) is 11.6 Å². The molecule has 1 heterocycles. The van der Waals surface area contributed by atoms with E-state index >= 15 is 0 Å². The lowest BCUT2D eigenvalue weighted by molar-refractivity contribution is 0.603. The van der Waals surface area contributed by atoms with E-state index in [0.29, 0.717) is 10.0 Å². The van der Waals surface area contributed by atoms with E-state index < -0.39 is 10.0 Å². The van der Waals surface area contributed by atoms with Gasteiger partial charge < -0.3 is 4.90 Å². The number of benzene rings is 2. The molecule has 7 heteroatoms. The van der Waals surface area contributed by atoms with Gasteiger partial charge in [-0.2, -0.15) is 0 Å². The van der Waals surface area contributed by atoms with Gasteiger partial charge in [0.1, 0.15) is 4.21 Å². The van der Waals surface area contributed by atoms with Crippen LogP contribution in [-0.2, 0) is 16.6 Å². The maximum Gasteiger partial charge on any atom is 0.271 e. The summed E-state index contributed by atoms with van der Waals surface area (Å²) in [5, 5.41) is 0. The van der Waals surface area contributed by atoms with Gasteiger partial charge >= 0.3 is 0 Å². The zero-order chi connectivity index (χ0) is 17.9. The minimum Gasteiger partial charge on any atom is -0.370 e. The summed E-state index contributed by atoms with van der Waals surface area (Å²) in [4.78, 5) is 2.10. The Balaban J connectivity index is 1.70. The monoisotopic (exact) mass is 392 g/mol. The third-order valence-electron chi connectivity index (χ3n) is 3.64. The highest BCUT2D eigenvalue weighted by atomic mass is 35.5. The molecule has 0 atom stereocenters. The topological polar surface area (TPSA) is 49.4 Å². The standard InChI is InChI=1S/C18H17ClN2O2S2/c1-21(13-14-5-3-2-4-6-14)16-9-7-15(8-10-16)20-25(22,23)18-12-11-17(19)24-18/h2-12,20H,13H2,1H3. The second-order valence-electron chi connectivity index (χ2n) is 5.55. The normalized spacial score (nSPS) is 11.3. The van der Waals surface area contributed by atoms with Crippen molar-refractivity contribution in [1.82, 2.24) is 0 Å². The van der Waals surface area contributed by atoms with Crippen molar-refractivity contribution in [2.45, 2.75) is 10.8 Å². The Morgan fingerprint density at radius 2 is 1.68 bits per heavy atom. The van der Waals surface area contributed by atoms with Crippen molar-refractivity contribution in [1.29, 1.82) is 0 Å². The lowest BCUT2D eigenvalue weighted by Gasteiger charge is -2.20. The van der Waals surface area contributed by atoms with Gasteiger partial charge in [-0.25, -0.2) is 8.42 Å². The molecule has 0 saturated heterocycles. The van der Waals surface area contributed by atoms with Crippen LogP contribution in [0.25, 0.3) is 0 Å². The summed E-state index contributed by atoms with van der Waals surface area (Å²) in [5.74, 6) is 0. The van der Waals surface area contributed by atoms with E-state index in [2.05, 4.69) is 21.8 Å². The molecular weight excluding hydrogens is 376 g/mol. The average molecular weight is 393 g/mol. The highest BCUT2D eigenvalue weighted by Gasteiger charge is 2.16. The molecule has 1 aromatic heterocycles. The highest BCUT2D eigenvalue weighted by molar-refractivity contribution is 7.94. The Kier molecular flexibility index (Phi) is 5.32. The smallest absolute Gasteiger partial charge is 0.271 e. The molecule has 0 saturated carbocycles. The Labute approximate surface area is 156 Å². The minimum absolute atomic E-state index is 0.197. The van der Waals surface area contributed by atoms with Crippen molar-refractivity contribution in [3.8, 4) is 0 Å². The van der Waals surface area contributed by atoms with E-state index in [0.717, 1.165) is 23.6 Å². The van der Waals surface area contributed by atoms with E-state index in [1.807, 2.05) is 37.4 Å². The van der Waals surface area contributed by atoms with Crippen molar-refractivity contribution in [2.75, 3.05) is 16.7 Å². The zero-order valence-electron chi connectivity index (χ0n) is 13.5. The first-order valence-corrected chi connectivity index (χ1v) is 10.2. The first kappa shape index (κ1) is 17.8. The predicted octanol–water partition coefficient (Wildman–Crippen LogP) is 4.84. The molecule has 130 valence electrons. The number of thiophene rings is 1. The second kappa shape index (κ2) is 7.47. The lowest BCUT2D eigenvalue weighted by Crippen LogP contribution is -2.16. The van der Waals surface area contributed by atoms with Crippen LogP contribution < -0.4 is 9.62 Å². The Morgan fingerprint density at radius 3 is 2.28 bits per heavy atom. The van der Waals surface area contributed by atoms with Gasteiger partial charge in [0.15, 0.2) is 0 Å². The van der Waals surface area contributed by atoms with Crippen molar-refractivity contribution in [3.63, 3.8) is 0 Å². The Bertz CT molecular complexity index is 939. The van der Waals surface area contributed by atoms with E-state index in [9.17, 15) is 8.42 Å². The Morgan fingerprint density at radius 1 is 1.00 bits per heavy atom. The molecule has 0 spiro atoms. The quantitative estimate of drug-likeness (QED) is 0.653. The van der Waals surface area contributed by atoms with Gasteiger partial charge in [-0.05, 0) is 42.0 Å². The molecular formula is C18H17ClN2O2S2. The molecule has 0 aliphatic heterocycles. The molecule has 3 aromatic rings. The van der Waals surface area contributed by atoms with Gasteiger partial charge in [-0.1, -0.05) is 41.9 Å². The fourth-order valence-electron chi connectivity index (χ4n) is 2.38. The van der Waals surface area contributed by atoms with Gasteiger partial charge in [-0.3, -0.25) is 4.72 Å². The summed E-state index contributed by atoms with van der Waals surface area (Å²) in [6, 6.07) is 20.5. The van der Waals surface area contributed by atoms with Crippen LogP contribution in [-0.4, -0.2) is 15.5 Å². The molecule has 0 aliphatic rings. The maximum atomic E-state index is 12.3. The van der Waals surface area contributed by atoms with Crippen LogP contribution in [0, 0.1) is 0 Å². The SMILES string of the molecule is CN(Cc1ccccc1)c1ccc(NS(=O)(=O)c2ccc(Cl)s2)cc1. The van der Waals surface area contributed by atoms with Crippen molar-refractivity contribution in [2.24, 2.45) is 0 Å². The number of hydrogen-bond donors (Lipinski definition) is 1. The molecule has 4 nitrogen and oxygen atoms in total. The van der Waals surface area contributed by atoms with Gasteiger partial charge in [0.2, 0.25) is 0 Å². The summed E-state index contributed by atoms with van der Waals surface area (Å²) >= 11 is 6.84. The minimum atomic E-state index is -3.60. The molecule has 3 rings (SSSR count). The fourth-order valence-corrected chi connectivity index (χ4v) is 4.92. The van der Waals surface area contributed by atoms with E-state index in [-0.39, 0.29) is 4.21 Å². The van der Waals surface area contributed by atoms with Crippen LogP contribution in [0.2, 0.25) is 4.34 Å². The van der Waals surface area contributed by atoms with Crippen LogP contribution in [0.5, 0.6) is 0 Å². The molecule has 0 aliphatic carbocycles. The van der Waals surface area contributed by atoms with Crippen LogP contribution >= 0.6 is 22.9 Å².